The molecule has 0 aliphatic heterocycles. The highest BCUT2D eigenvalue weighted by atomic mass is 14.5. The van der Waals surface area contributed by atoms with Crippen molar-refractivity contribution in [1.29, 1.82) is 0 Å². The number of fused-ring (bicyclic) bond motifs is 1. The first kappa shape index (κ1) is 5.76. The molecule has 0 heteroatoms. The van der Waals surface area contributed by atoms with E-state index in [0.29, 0.717) is 0 Å². The van der Waals surface area contributed by atoms with Gasteiger partial charge in [0.2, 0.25) is 0 Å². The maximum Gasteiger partial charge on any atom is -0.0355 e. The van der Waals surface area contributed by atoms with E-state index in [-0.39, 0.29) is 0 Å². The summed E-state index contributed by atoms with van der Waals surface area (Å²) in [7, 11) is 0. The average Bonchev–Trinajstić information content (AvgIpc) is 2.54. The Morgan fingerprint density at radius 2 is 2.22 bits per heavy atom. The average molecular weight is 124 g/mol. The normalized spacial score (nSPS) is 47.0. The summed E-state index contributed by atoms with van der Waals surface area (Å²) < 4.78 is 0. The third kappa shape index (κ3) is 0.889. The van der Waals surface area contributed by atoms with Crippen LogP contribution in [0.15, 0.2) is 0 Å². The van der Waals surface area contributed by atoms with Gasteiger partial charge in [-0.2, -0.15) is 0 Å². The molecule has 3 atom stereocenters. The highest BCUT2D eigenvalue weighted by Gasteiger charge is 2.46. The fraction of sp³-hybridized carbons (Fsp3) is 1.00. The lowest BCUT2D eigenvalue weighted by Gasteiger charge is -2.07. The largest absolute Gasteiger partial charge is 0.0654 e. The highest BCUT2D eigenvalue weighted by Crippen LogP contribution is 2.56. The lowest BCUT2D eigenvalue weighted by Crippen LogP contribution is -1.96. The molecule has 2 aliphatic rings. The molecule has 0 nitrogen and oxygen atoms in total. The van der Waals surface area contributed by atoms with Crippen LogP contribution < -0.4 is 0 Å². The van der Waals surface area contributed by atoms with Crippen LogP contribution in [0.1, 0.15) is 39.0 Å². The fourth-order valence-electron chi connectivity index (χ4n) is 2.55. The zero-order valence-corrected chi connectivity index (χ0v) is 6.27. The third-order valence-corrected chi connectivity index (χ3v) is 3.15. The molecule has 0 radical (unpaired) electrons. The van der Waals surface area contributed by atoms with Gasteiger partial charge in [0.15, 0.2) is 0 Å². The van der Waals surface area contributed by atoms with E-state index in [1.54, 1.807) is 19.3 Å². The predicted molar refractivity (Wildman–Crippen MR) is 39.2 cm³/mol. The Labute approximate surface area is 57.6 Å². The van der Waals surface area contributed by atoms with Crippen LogP contribution in [0.25, 0.3) is 0 Å². The molecule has 0 unspecified atom stereocenters. The molecule has 9 heavy (non-hydrogen) atoms. The molecule has 0 aromatic carbocycles. The van der Waals surface area contributed by atoms with E-state index in [4.69, 9.17) is 0 Å². The summed E-state index contributed by atoms with van der Waals surface area (Å²) in [5, 5.41) is 0. The van der Waals surface area contributed by atoms with Gasteiger partial charge in [0.1, 0.15) is 0 Å². The van der Waals surface area contributed by atoms with Crippen LogP contribution in [-0.2, 0) is 0 Å². The Balaban J connectivity index is 1.84. The molecule has 0 heterocycles. The van der Waals surface area contributed by atoms with E-state index in [9.17, 15) is 0 Å². The zero-order chi connectivity index (χ0) is 6.27. The molecule has 0 spiro atoms. The van der Waals surface area contributed by atoms with Crippen molar-refractivity contribution in [2.45, 2.75) is 39.0 Å². The molecule has 2 aliphatic carbocycles. The van der Waals surface area contributed by atoms with Gasteiger partial charge in [0.25, 0.3) is 0 Å². The minimum atomic E-state index is 1.15. The summed E-state index contributed by atoms with van der Waals surface area (Å²) in [6, 6.07) is 0. The molecule has 2 rings (SSSR count). The molecule has 2 fully saturated rings. The minimum absolute atomic E-state index is 1.15. The van der Waals surface area contributed by atoms with Crippen LogP contribution in [0.4, 0.5) is 0 Å². The first-order valence-corrected chi connectivity index (χ1v) is 4.42. The van der Waals surface area contributed by atoms with Crippen molar-refractivity contribution >= 4 is 0 Å². The van der Waals surface area contributed by atoms with Gasteiger partial charge >= 0.3 is 0 Å². The molecule has 0 amide bonds. The molecule has 0 aromatic rings. The minimum Gasteiger partial charge on any atom is -0.0654 e. The van der Waals surface area contributed by atoms with Gasteiger partial charge < -0.3 is 0 Å². The number of hydrogen-bond donors (Lipinski definition) is 0. The van der Waals surface area contributed by atoms with Crippen molar-refractivity contribution in [3.8, 4) is 0 Å². The topological polar surface area (TPSA) is 0 Å². The van der Waals surface area contributed by atoms with Crippen LogP contribution in [0, 0.1) is 17.8 Å². The van der Waals surface area contributed by atoms with E-state index < -0.39 is 0 Å². The monoisotopic (exact) mass is 124 g/mol. The molecular formula is C9H16. The maximum atomic E-state index is 2.32. The van der Waals surface area contributed by atoms with Crippen LogP contribution in [0.5, 0.6) is 0 Å². The Hall–Kier alpha value is 0. The quantitative estimate of drug-likeness (QED) is 0.531. The second-order valence-corrected chi connectivity index (χ2v) is 3.79. The van der Waals surface area contributed by atoms with Crippen molar-refractivity contribution in [1.82, 2.24) is 0 Å². The van der Waals surface area contributed by atoms with Gasteiger partial charge in [-0.15, -0.1) is 0 Å². The standard InChI is InChI=1S/C9H16/c1-2-3-7-4-5-8-6-9(7)8/h7-9H,2-6H2,1H3/t7-,8-,9-/m0/s1. The Bertz CT molecular complexity index is 107. The van der Waals surface area contributed by atoms with Crippen molar-refractivity contribution in [2.24, 2.45) is 17.8 Å². The molecule has 2 saturated carbocycles. The van der Waals surface area contributed by atoms with E-state index in [1.807, 2.05) is 0 Å². The molecule has 0 saturated heterocycles. The molecular weight excluding hydrogens is 108 g/mol. The van der Waals surface area contributed by atoms with Gasteiger partial charge in [0.05, 0.1) is 0 Å². The van der Waals surface area contributed by atoms with Crippen molar-refractivity contribution in [3.63, 3.8) is 0 Å². The summed E-state index contributed by atoms with van der Waals surface area (Å²) in [5.41, 5.74) is 0. The Morgan fingerprint density at radius 3 is 2.67 bits per heavy atom. The van der Waals surface area contributed by atoms with Gasteiger partial charge in [-0.25, -0.2) is 0 Å². The smallest absolute Gasteiger partial charge is 0.0355 e. The summed E-state index contributed by atoms with van der Waals surface area (Å²) in [4.78, 5) is 0. The second-order valence-electron chi connectivity index (χ2n) is 3.79. The SMILES string of the molecule is CCC[C@H]1CC[C@H]2C[C@@H]12. The first-order chi connectivity index (χ1) is 4.42. The van der Waals surface area contributed by atoms with Gasteiger partial charge in [-0.3, -0.25) is 0 Å². The highest BCUT2D eigenvalue weighted by molar-refractivity contribution is 4.96. The van der Waals surface area contributed by atoms with Crippen LogP contribution in [0.3, 0.4) is 0 Å². The summed E-state index contributed by atoms with van der Waals surface area (Å²) >= 11 is 0. The first-order valence-electron chi connectivity index (χ1n) is 4.42. The van der Waals surface area contributed by atoms with E-state index in [1.165, 1.54) is 24.7 Å². The molecule has 0 bridgehead atoms. The van der Waals surface area contributed by atoms with Crippen molar-refractivity contribution < 1.29 is 0 Å². The molecule has 0 aromatic heterocycles. The summed E-state index contributed by atoms with van der Waals surface area (Å²) in [6.45, 7) is 2.32. The Kier molecular flexibility index (Phi) is 1.28. The predicted octanol–water partition coefficient (Wildman–Crippen LogP) is 2.83. The van der Waals surface area contributed by atoms with Crippen molar-refractivity contribution in [3.05, 3.63) is 0 Å². The number of rotatable bonds is 2. The van der Waals surface area contributed by atoms with Gasteiger partial charge in [-0.1, -0.05) is 19.8 Å². The van der Waals surface area contributed by atoms with Crippen molar-refractivity contribution in [2.75, 3.05) is 0 Å². The number of hydrogen-bond acceptors (Lipinski definition) is 0. The molecule has 0 N–H and O–H groups in total. The van der Waals surface area contributed by atoms with Crippen LogP contribution >= 0.6 is 0 Å². The summed E-state index contributed by atoms with van der Waals surface area (Å²) in [6.07, 6.45) is 7.64. The molecule has 52 valence electrons. The lowest BCUT2D eigenvalue weighted by molar-refractivity contribution is 0.439. The third-order valence-electron chi connectivity index (χ3n) is 3.15. The second kappa shape index (κ2) is 2.00. The lowest BCUT2D eigenvalue weighted by atomic mass is 9.98. The van der Waals surface area contributed by atoms with E-state index in [2.05, 4.69) is 6.92 Å². The van der Waals surface area contributed by atoms with E-state index >= 15 is 0 Å². The van der Waals surface area contributed by atoms with E-state index in [0.717, 1.165) is 5.92 Å². The van der Waals surface area contributed by atoms with Crippen LogP contribution in [-0.4, -0.2) is 0 Å². The maximum absolute atomic E-state index is 2.32. The van der Waals surface area contributed by atoms with Gasteiger partial charge in [0, 0.05) is 0 Å². The van der Waals surface area contributed by atoms with Crippen LogP contribution in [0.2, 0.25) is 0 Å². The zero-order valence-electron chi connectivity index (χ0n) is 6.27. The summed E-state index contributed by atoms with van der Waals surface area (Å²) in [5.74, 6) is 3.55. The van der Waals surface area contributed by atoms with Gasteiger partial charge in [-0.05, 0) is 37.0 Å². The Morgan fingerprint density at radius 1 is 1.33 bits per heavy atom. The fourth-order valence-corrected chi connectivity index (χ4v) is 2.55.